The van der Waals surface area contributed by atoms with Crippen LogP contribution >= 0.6 is 0 Å². The van der Waals surface area contributed by atoms with Crippen LogP contribution in [0.2, 0.25) is 0 Å². The summed E-state index contributed by atoms with van der Waals surface area (Å²) in [5, 5.41) is 10.9. The number of carbonyl (C=O) groups is 1. The molecule has 1 N–H and O–H groups in total. The number of carbonyl (C=O) groups excluding carboxylic acids is 1. The fourth-order valence-corrected chi connectivity index (χ4v) is 0.554. The number of hydrogen-bond acceptors (Lipinski definition) is 3. The number of hydrogen-bond donors (Lipinski definition) is 1. The van der Waals surface area contributed by atoms with E-state index in [1.165, 1.54) is 12.2 Å². The Kier molecular flexibility index (Phi) is 1.12. The third-order valence-electron chi connectivity index (χ3n) is 0.945. The summed E-state index contributed by atoms with van der Waals surface area (Å²) >= 11 is 0. The van der Waals surface area contributed by atoms with Gasteiger partial charge in [-0.1, -0.05) is 5.16 Å². The molecule has 8 heavy (non-hydrogen) atoms. The SMILES string of the molecule is O=C1C=CC(=NO)C1. The first-order valence-corrected chi connectivity index (χ1v) is 2.25. The van der Waals surface area contributed by atoms with E-state index in [2.05, 4.69) is 5.16 Å². The first kappa shape index (κ1) is 5.03. The van der Waals surface area contributed by atoms with Gasteiger partial charge in [0.1, 0.15) is 0 Å². The van der Waals surface area contributed by atoms with Gasteiger partial charge in [0.05, 0.1) is 12.1 Å². The molecule has 0 radical (unpaired) electrons. The largest absolute Gasteiger partial charge is 0.411 e. The average molecular weight is 111 g/mol. The third-order valence-corrected chi connectivity index (χ3v) is 0.945. The molecule has 0 unspecified atom stereocenters. The average Bonchev–Trinajstić information content (AvgIpc) is 2.14. The Morgan fingerprint density at radius 2 is 2.38 bits per heavy atom. The minimum atomic E-state index is -0.00204. The van der Waals surface area contributed by atoms with Crippen LogP contribution in [0.5, 0.6) is 0 Å². The predicted molar refractivity (Wildman–Crippen MR) is 28.0 cm³/mol. The van der Waals surface area contributed by atoms with Crippen LogP contribution < -0.4 is 0 Å². The predicted octanol–water partition coefficient (Wildman–Crippen LogP) is 0.346. The van der Waals surface area contributed by atoms with Crippen molar-refractivity contribution in [3.8, 4) is 0 Å². The van der Waals surface area contributed by atoms with Gasteiger partial charge in [0.25, 0.3) is 0 Å². The van der Waals surface area contributed by atoms with E-state index in [0.29, 0.717) is 5.71 Å². The molecular formula is C5H5NO2. The summed E-state index contributed by atoms with van der Waals surface area (Å²) in [5.74, 6) is -0.00204. The van der Waals surface area contributed by atoms with Gasteiger partial charge in [-0.25, -0.2) is 0 Å². The molecule has 0 saturated carbocycles. The molecule has 42 valence electrons. The number of nitrogens with zero attached hydrogens (tertiary/aromatic N) is 1. The highest BCUT2D eigenvalue weighted by Crippen LogP contribution is 2.00. The lowest BCUT2D eigenvalue weighted by Gasteiger charge is -1.80. The molecular weight excluding hydrogens is 106 g/mol. The van der Waals surface area contributed by atoms with Gasteiger partial charge in [-0.3, -0.25) is 4.79 Å². The fourth-order valence-electron chi connectivity index (χ4n) is 0.554. The minimum absolute atomic E-state index is 0.00204. The van der Waals surface area contributed by atoms with Gasteiger partial charge in [0, 0.05) is 0 Å². The highest BCUT2D eigenvalue weighted by molar-refractivity contribution is 6.18. The highest BCUT2D eigenvalue weighted by Gasteiger charge is 2.08. The van der Waals surface area contributed by atoms with Crippen LogP contribution in [0.4, 0.5) is 0 Å². The van der Waals surface area contributed by atoms with Gasteiger partial charge in [0.15, 0.2) is 5.78 Å². The van der Waals surface area contributed by atoms with Crippen molar-refractivity contribution in [3.63, 3.8) is 0 Å². The Hall–Kier alpha value is -1.12. The van der Waals surface area contributed by atoms with E-state index in [-0.39, 0.29) is 12.2 Å². The van der Waals surface area contributed by atoms with Gasteiger partial charge in [0.2, 0.25) is 0 Å². The van der Waals surface area contributed by atoms with E-state index in [4.69, 9.17) is 5.21 Å². The molecule has 0 aliphatic heterocycles. The Morgan fingerprint density at radius 1 is 1.62 bits per heavy atom. The molecule has 0 aromatic heterocycles. The van der Waals surface area contributed by atoms with E-state index in [1.54, 1.807) is 0 Å². The van der Waals surface area contributed by atoms with Crippen molar-refractivity contribution in [1.82, 2.24) is 0 Å². The molecule has 0 saturated heterocycles. The van der Waals surface area contributed by atoms with E-state index in [0.717, 1.165) is 0 Å². The Bertz CT molecular complexity index is 169. The van der Waals surface area contributed by atoms with Crippen molar-refractivity contribution in [2.24, 2.45) is 5.16 Å². The zero-order valence-corrected chi connectivity index (χ0v) is 4.16. The molecule has 0 atom stereocenters. The van der Waals surface area contributed by atoms with Crippen LogP contribution in [0, 0.1) is 0 Å². The fraction of sp³-hybridized carbons (Fsp3) is 0.200. The highest BCUT2D eigenvalue weighted by atomic mass is 16.4. The monoisotopic (exact) mass is 111 g/mol. The van der Waals surface area contributed by atoms with Crippen molar-refractivity contribution >= 4 is 11.5 Å². The number of ketones is 1. The Labute approximate surface area is 46.3 Å². The van der Waals surface area contributed by atoms with Crippen LogP contribution in [0.3, 0.4) is 0 Å². The molecule has 1 rings (SSSR count). The van der Waals surface area contributed by atoms with Crippen molar-refractivity contribution < 1.29 is 10.0 Å². The molecule has 3 nitrogen and oxygen atoms in total. The van der Waals surface area contributed by atoms with Gasteiger partial charge in [-0.05, 0) is 12.2 Å². The lowest BCUT2D eigenvalue weighted by molar-refractivity contribution is -0.113. The normalized spacial score (nSPS) is 23.0. The second kappa shape index (κ2) is 1.78. The summed E-state index contributed by atoms with van der Waals surface area (Å²) in [5.41, 5.74) is 0.440. The molecule has 1 aliphatic rings. The molecule has 0 spiro atoms. The third kappa shape index (κ3) is 0.753. The summed E-state index contributed by atoms with van der Waals surface area (Å²) in [6, 6.07) is 0. The van der Waals surface area contributed by atoms with E-state index < -0.39 is 0 Å². The summed E-state index contributed by atoms with van der Waals surface area (Å²) < 4.78 is 0. The molecule has 0 fully saturated rings. The Morgan fingerprint density at radius 3 is 2.62 bits per heavy atom. The van der Waals surface area contributed by atoms with Gasteiger partial charge < -0.3 is 5.21 Å². The van der Waals surface area contributed by atoms with Crippen LogP contribution in [0.1, 0.15) is 6.42 Å². The molecule has 1 aliphatic carbocycles. The minimum Gasteiger partial charge on any atom is -0.411 e. The maximum Gasteiger partial charge on any atom is 0.161 e. The van der Waals surface area contributed by atoms with Gasteiger partial charge >= 0.3 is 0 Å². The van der Waals surface area contributed by atoms with Crippen molar-refractivity contribution in [3.05, 3.63) is 12.2 Å². The first-order chi connectivity index (χ1) is 3.83. The van der Waals surface area contributed by atoms with E-state index >= 15 is 0 Å². The Balaban J connectivity index is 2.73. The van der Waals surface area contributed by atoms with E-state index in [9.17, 15) is 4.79 Å². The summed E-state index contributed by atoms with van der Waals surface area (Å²) in [4.78, 5) is 10.3. The second-order valence-corrected chi connectivity index (χ2v) is 1.57. The van der Waals surface area contributed by atoms with Crippen LogP contribution in [0.25, 0.3) is 0 Å². The quantitative estimate of drug-likeness (QED) is 0.362. The summed E-state index contributed by atoms with van der Waals surface area (Å²) in [7, 11) is 0. The summed E-state index contributed by atoms with van der Waals surface area (Å²) in [6.07, 6.45) is 3.15. The lowest BCUT2D eigenvalue weighted by atomic mass is 10.3. The lowest BCUT2D eigenvalue weighted by Crippen LogP contribution is -1.92. The molecule has 0 amide bonds. The zero-order chi connectivity index (χ0) is 5.98. The van der Waals surface area contributed by atoms with Crippen LogP contribution in [0.15, 0.2) is 17.3 Å². The molecule has 0 aromatic carbocycles. The first-order valence-electron chi connectivity index (χ1n) is 2.25. The standard InChI is InChI=1S/C5H5NO2/c7-5-2-1-4(3-5)6-8/h1-2,8H,3H2. The molecule has 3 heteroatoms. The second-order valence-electron chi connectivity index (χ2n) is 1.57. The van der Waals surface area contributed by atoms with Gasteiger partial charge in [-0.2, -0.15) is 0 Å². The maximum absolute atomic E-state index is 10.3. The van der Waals surface area contributed by atoms with Gasteiger partial charge in [-0.15, -0.1) is 0 Å². The van der Waals surface area contributed by atoms with Crippen molar-refractivity contribution in [1.29, 1.82) is 0 Å². The van der Waals surface area contributed by atoms with E-state index in [1.807, 2.05) is 0 Å². The number of oxime groups is 1. The van der Waals surface area contributed by atoms with Crippen molar-refractivity contribution in [2.75, 3.05) is 0 Å². The zero-order valence-electron chi connectivity index (χ0n) is 4.16. The molecule has 0 aromatic rings. The van der Waals surface area contributed by atoms with Crippen molar-refractivity contribution in [2.45, 2.75) is 6.42 Å². The smallest absolute Gasteiger partial charge is 0.161 e. The summed E-state index contributed by atoms with van der Waals surface area (Å²) in [6.45, 7) is 0. The number of rotatable bonds is 0. The molecule has 0 bridgehead atoms. The molecule has 0 heterocycles. The van der Waals surface area contributed by atoms with Crippen LogP contribution in [-0.4, -0.2) is 16.7 Å². The number of allylic oxidation sites excluding steroid dienone is 2. The maximum atomic E-state index is 10.3. The van der Waals surface area contributed by atoms with Crippen LogP contribution in [-0.2, 0) is 4.79 Å². The topological polar surface area (TPSA) is 49.7 Å².